The van der Waals surface area contributed by atoms with E-state index in [4.69, 9.17) is 20.6 Å². The van der Waals surface area contributed by atoms with Gasteiger partial charge in [0.2, 0.25) is 0 Å². The molecule has 0 aromatic heterocycles. The number of rotatable bonds is 31. The van der Waals surface area contributed by atoms with Crippen molar-refractivity contribution in [1.29, 1.82) is 0 Å². The Morgan fingerprint density at radius 2 is 0.538 bits per heavy atom. The van der Waals surface area contributed by atoms with Crippen LogP contribution in [0.2, 0.25) is 0 Å². The Morgan fingerprint density at radius 1 is 0.317 bits per heavy atom. The first-order valence-corrected chi connectivity index (χ1v) is 45.2. The molecular formula is C52H48N10O30S12. The molecule has 104 heavy (non-hydrogen) atoms. The van der Waals surface area contributed by atoms with Crippen molar-refractivity contribution in [2.75, 3.05) is 59.2 Å². The zero-order chi connectivity index (χ0) is 77.1. The van der Waals surface area contributed by atoms with Crippen molar-refractivity contribution in [3.05, 3.63) is 121 Å². The molecule has 8 aromatic rings. The normalized spacial score (nSPS) is 13.6. The quantitative estimate of drug-likeness (QED) is 0.00646. The summed E-state index contributed by atoms with van der Waals surface area (Å²) in [7, 11) is -45.8. The minimum Gasteiger partial charge on any atom is -0.505 e. The summed E-state index contributed by atoms with van der Waals surface area (Å²) in [6.07, 6.45) is 0. The number of azo groups is 4. The van der Waals surface area contributed by atoms with Crippen molar-refractivity contribution in [2.45, 2.75) is 39.2 Å². The predicted molar refractivity (Wildman–Crippen MR) is 370 cm³/mol. The maximum Gasteiger partial charge on any atom is 0.397 e. The zero-order valence-electron chi connectivity index (χ0n) is 51.4. The number of nitrogens with zero attached hydrogens (tertiary/aromatic N) is 8. The lowest BCUT2D eigenvalue weighted by Crippen LogP contribution is -2.15. The fraction of sp³-hybridized carbons (Fsp3) is 0.154. The van der Waals surface area contributed by atoms with E-state index in [0.717, 1.165) is 119 Å². The van der Waals surface area contributed by atoms with E-state index in [1.54, 1.807) is 0 Å². The van der Waals surface area contributed by atoms with E-state index in [2.05, 4.69) is 49.3 Å². The fourth-order valence-electron chi connectivity index (χ4n) is 8.89. The van der Waals surface area contributed by atoms with Gasteiger partial charge in [-0.05, 0) is 132 Å². The van der Waals surface area contributed by atoms with Crippen LogP contribution in [0.1, 0.15) is 0 Å². The minimum atomic E-state index is -5.37. The van der Waals surface area contributed by atoms with E-state index in [-0.39, 0.29) is 53.8 Å². The lowest BCUT2D eigenvalue weighted by atomic mass is 10.1. The number of anilines is 2. The number of hydrogen-bond donors (Lipinski definition) is 10. The van der Waals surface area contributed by atoms with Crippen molar-refractivity contribution in [3.8, 4) is 11.5 Å². The van der Waals surface area contributed by atoms with Gasteiger partial charge in [-0.3, -0.25) is 27.3 Å². The van der Waals surface area contributed by atoms with Crippen LogP contribution in [-0.4, -0.2) is 169 Å². The molecule has 0 aliphatic heterocycles. The van der Waals surface area contributed by atoms with E-state index in [1.807, 2.05) is 0 Å². The Morgan fingerprint density at radius 3 is 0.769 bits per heavy atom. The molecule has 0 spiro atoms. The van der Waals surface area contributed by atoms with Gasteiger partial charge in [0.1, 0.15) is 42.3 Å². The first-order valence-electron chi connectivity index (χ1n) is 27.6. The second-order valence-corrected chi connectivity index (χ2v) is 39.6. The maximum absolute atomic E-state index is 13.3. The summed E-state index contributed by atoms with van der Waals surface area (Å²) < 4.78 is 314. The van der Waals surface area contributed by atoms with Crippen molar-refractivity contribution in [1.82, 2.24) is 0 Å². The van der Waals surface area contributed by atoms with Gasteiger partial charge in [0.05, 0.1) is 101 Å². The molecule has 0 saturated carbocycles. The highest BCUT2D eigenvalue weighted by molar-refractivity contribution is 8.76. The molecule has 0 radical (unpaired) electrons. The van der Waals surface area contributed by atoms with Crippen molar-refractivity contribution in [2.24, 2.45) is 40.9 Å². The second kappa shape index (κ2) is 31.1. The molecule has 8 rings (SSSR count). The fourth-order valence-corrected chi connectivity index (χ4v) is 20.6. The molecule has 0 fully saturated rings. The van der Waals surface area contributed by atoms with Crippen LogP contribution >= 0.6 is 21.6 Å². The summed E-state index contributed by atoms with van der Waals surface area (Å²) in [5.74, 6) is -5.24. The molecule has 0 saturated heterocycles. The highest BCUT2D eigenvalue weighted by Crippen LogP contribution is 2.50. The van der Waals surface area contributed by atoms with Gasteiger partial charge in [-0.1, -0.05) is 21.6 Å². The number of phenols is 2. The summed E-state index contributed by atoms with van der Waals surface area (Å²) in [6, 6.07) is 19.3. The smallest absolute Gasteiger partial charge is 0.397 e. The molecule has 8 aromatic carbocycles. The van der Waals surface area contributed by atoms with Crippen molar-refractivity contribution < 1.29 is 130 Å². The van der Waals surface area contributed by atoms with E-state index in [0.29, 0.717) is 24.3 Å². The predicted octanol–water partition coefficient (Wildman–Crippen LogP) is 8.03. The third-order valence-corrected chi connectivity index (χ3v) is 27.9. The largest absolute Gasteiger partial charge is 0.505 e. The molecule has 0 bridgehead atoms. The van der Waals surface area contributed by atoms with Gasteiger partial charge in [0, 0.05) is 11.5 Å². The first-order chi connectivity index (χ1) is 48.0. The summed E-state index contributed by atoms with van der Waals surface area (Å²) in [4.78, 5) is -5.83. The van der Waals surface area contributed by atoms with Gasteiger partial charge < -0.3 is 21.7 Å². The Hall–Kier alpha value is -8.24. The van der Waals surface area contributed by atoms with E-state index in [9.17, 15) is 113 Å². The monoisotopic (exact) mass is 1680 g/mol. The summed E-state index contributed by atoms with van der Waals surface area (Å²) in [5.41, 5.74) is 6.53. The third kappa shape index (κ3) is 20.4. The van der Waals surface area contributed by atoms with Gasteiger partial charge in [0.25, 0.3) is 40.5 Å². The molecule has 0 amide bonds. The molecule has 0 heterocycles. The van der Waals surface area contributed by atoms with Crippen LogP contribution in [0.15, 0.2) is 201 Å². The lowest BCUT2D eigenvalue weighted by Gasteiger charge is -2.14. The Kier molecular flexibility index (Phi) is 24.3. The molecule has 558 valence electrons. The Bertz CT molecular complexity index is 5750. The average molecular weight is 1680 g/mol. The summed E-state index contributed by atoms with van der Waals surface area (Å²) >= 11 is 0. The van der Waals surface area contributed by atoms with Crippen LogP contribution in [0, 0.1) is 0 Å². The number of nitrogens with two attached hydrogens (primary N) is 2. The number of phenolic OH excluding ortho intramolecular Hbond substituents is 2. The first kappa shape index (κ1) is 81.4. The van der Waals surface area contributed by atoms with Crippen LogP contribution in [-0.2, 0) is 109 Å². The molecule has 12 N–H and O–H groups in total. The third-order valence-electron chi connectivity index (χ3n) is 13.7. The molecule has 0 aliphatic rings. The van der Waals surface area contributed by atoms with Gasteiger partial charge in [-0.2, -0.15) is 71.0 Å². The number of sulfone groups is 4. The van der Waals surface area contributed by atoms with Crippen LogP contribution in [0.4, 0.5) is 56.9 Å². The number of fused-ring (bicyclic) bond motifs is 2. The maximum atomic E-state index is 13.3. The van der Waals surface area contributed by atoms with Crippen LogP contribution in [0.5, 0.6) is 11.5 Å². The number of nitrogen functional groups attached to an aromatic ring is 2. The number of benzene rings is 8. The van der Waals surface area contributed by atoms with Crippen LogP contribution in [0.25, 0.3) is 21.5 Å². The van der Waals surface area contributed by atoms with Gasteiger partial charge >= 0.3 is 20.8 Å². The number of hydrogen-bond acceptors (Lipinski definition) is 36. The van der Waals surface area contributed by atoms with Crippen molar-refractivity contribution in [3.63, 3.8) is 0 Å². The second-order valence-electron chi connectivity index (χ2n) is 20.7. The Labute approximate surface area is 598 Å². The molecule has 0 atom stereocenters. The van der Waals surface area contributed by atoms with E-state index < -0.39 is 224 Å². The van der Waals surface area contributed by atoms with Crippen LogP contribution < -0.4 is 11.5 Å². The van der Waals surface area contributed by atoms with Gasteiger partial charge in [-0.25, -0.2) is 42.0 Å². The van der Waals surface area contributed by atoms with E-state index in [1.165, 1.54) is 0 Å². The Balaban J connectivity index is 0.909. The highest BCUT2D eigenvalue weighted by atomic mass is 33.1. The standard InChI is InChI=1S/C52H48N10O30S12/c53-45-43-29(25-39(99(73,74)75)47(45)59-55-31-1-9-35(10-2-31)95(65,66)21-17-91-103(85,86)87)27-41(101(79,80)81)49(51(43)63)61-57-33-5-13-37(14-6-33)97(69,70)23-19-93-94-20-24-98(71,72)38-15-7-34(8-16-38)58-62-50-42(102(82,83)84)28-30-26-40(100(76,77)78)48(46(54)44(30)52(50)64)60-56-32-3-11-36(12-4-32)96(67,68)22-18-92-104(88,89)90/h1-16,25-28,63-64H,17-24,53-54H2,(H,73,74,75)(H,76,77,78)(H,79,80,81)(H,82,83,84)(H,85,86,87)(H,88,89,90). The highest BCUT2D eigenvalue weighted by Gasteiger charge is 2.31. The molecule has 0 unspecified atom stereocenters. The van der Waals surface area contributed by atoms with Crippen LogP contribution in [0.3, 0.4) is 0 Å². The van der Waals surface area contributed by atoms with E-state index >= 15 is 0 Å². The molecule has 52 heteroatoms. The molecule has 0 aliphatic carbocycles. The number of aromatic hydroxyl groups is 2. The molecule has 40 nitrogen and oxygen atoms in total. The SMILES string of the molecule is Nc1c(N=Nc2ccc(S(=O)(=O)CCOS(=O)(=O)O)cc2)c(S(=O)(=O)O)cc2cc(S(=O)(=O)O)c(N=Nc3ccc(S(=O)(=O)CCSSCCS(=O)(=O)c4ccc(N=Nc5c(S(=O)(=O)O)cc6cc(S(=O)(=O)O)c(N=Nc7ccc(S(=O)(=O)CCOS(=O)(=O)O)cc7)c(N)c6c5O)cc4)cc3)c(O)c12. The summed E-state index contributed by atoms with van der Waals surface area (Å²) in [5, 5.41) is 51.0. The van der Waals surface area contributed by atoms with Gasteiger partial charge in [0.15, 0.2) is 50.8 Å². The topological polar surface area (TPSA) is 673 Å². The average Bonchev–Trinajstić information content (AvgIpc) is 0.745. The van der Waals surface area contributed by atoms with Crippen molar-refractivity contribution >= 4 is 201 Å². The molecular weight excluding hydrogens is 1630 g/mol. The van der Waals surface area contributed by atoms with Gasteiger partial charge in [-0.15, -0.1) is 20.5 Å². The summed E-state index contributed by atoms with van der Waals surface area (Å²) in [6.45, 7) is -1.89. The lowest BCUT2D eigenvalue weighted by molar-refractivity contribution is 0.282. The minimum absolute atomic E-state index is 0.0796. The zero-order valence-corrected chi connectivity index (χ0v) is 61.2.